The minimum Gasteiger partial charge on any atom is -0.271 e. The van der Waals surface area contributed by atoms with E-state index in [2.05, 4.69) is 0 Å². The van der Waals surface area contributed by atoms with Gasteiger partial charge in [-0.1, -0.05) is 13.8 Å². The Hall–Kier alpha value is 2.13. The fourth-order valence-corrected chi connectivity index (χ4v) is 16.9. The zero-order valence-corrected chi connectivity index (χ0v) is 12.8. The Bertz CT molecular complexity index is 136. The highest BCUT2D eigenvalue weighted by Gasteiger charge is 2.50. The van der Waals surface area contributed by atoms with Crippen molar-refractivity contribution in [1.29, 1.82) is 0 Å². The summed E-state index contributed by atoms with van der Waals surface area (Å²) < 4.78 is 1.41. The minimum absolute atomic E-state index is 0.0664. The number of hydrogen-bond donors (Lipinski definition) is 0. The van der Waals surface area contributed by atoms with Crippen LogP contribution in [-0.4, -0.2) is 22.6 Å². The summed E-state index contributed by atoms with van der Waals surface area (Å²) in [4.78, 5) is 0. The normalized spacial score (nSPS) is 14.5. The Morgan fingerprint density at radius 3 is 1.08 bits per heavy atom. The van der Waals surface area contributed by atoms with Gasteiger partial charge in [-0.05, 0) is 6.04 Å². The lowest BCUT2D eigenvalue weighted by molar-refractivity contribution is 0.548. The molecule has 12 heavy (non-hydrogen) atoms. The molecule has 0 aromatic rings. The molecule has 0 atom stereocenters. The average Bonchev–Trinajstić information content (AvgIpc) is 1.49. The largest absolute Gasteiger partial charge is 0.420 e. The first kappa shape index (κ1) is 14.1. The van der Waals surface area contributed by atoms with E-state index in [9.17, 15) is 0 Å². The monoisotopic (exact) mass is 323 g/mol. The summed E-state index contributed by atoms with van der Waals surface area (Å²) >= 11 is 34.5. The van der Waals surface area contributed by atoms with Gasteiger partial charge in [-0.15, -0.1) is 66.5 Å². The van der Waals surface area contributed by atoms with Crippen LogP contribution in [0, 0.1) is 0 Å². The van der Waals surface area contributed by atoms with Gasteiger partial charge < -0.3 is 0 Å². The third-order valence-electron chi connectivity index (χ3n) is 1.06. The quantitative estimate of drug-likeness (QED) is 0.560. The van der Waals surface area contributed by atoms with E-state index >= 15 is 0 Å². The highest BCUT2D eigenvalue weighted by molar-refractivity contribution is 7.72. The first-order valence-corrected chi connectivity index (χ1v) is 13.0. The van der Waals surface area contributed by atoms with Crippen molar-refractivity contribution in [3.63, 3.8) is 0 Å². The summed E-state index contributed by atoms with van der Waals surface area (Å²) in [5.41, 5.74) is 0. The zero-order valence-electron chi connectivity index (χ0n) is 6.29. The summed E-state index contributed by atoms with van der Waals surface area (Å²) in [5, 5.41) is 0. The van der Waals surface area contributed by atoms with Crippen LogP contribution in [0.3, 0.4) is 0 Å². The SMILES string of the molecule is CC(C)N([Si](Cl)(Cl)Cl)[Si](Cl)(Cl)Cl. The second-order valence-corrected chi connectivity index (χ2v) is 19.0. The van der Waals surface area contributed by atoms with E-state index in [1.807, 2.05) is 13.8 Å². The molecule has 0 rings (SSSR count). The van der Waals surface area contributed by atoms with Crippen LogP contribution in [0.5, 0.6) is 0 Å². The summed E-state index contributed by atoms with van der Waals surface area (Å²) in [7, 11) is 0. The van der Waals surface area contributed by atoms with E-state index < -0.39 is 12.3 Å². The molecule has 9 heteroatoms. The van der Waals surface area contributed by atoms with Crippen molar-refractivity contribution in [1.82, 2.24) is 4.23 Å². The molecule has 0 aliphatic carbocycles. The minimum atomic E-state index is -3.07. The van der Waals surface area contributed by atoms with E-state index in [0.717, 1.165) is 0 Å². The average molecular weight is 326 g/mol. The lowest BCUT2D eigenvalue weighted by Crippen LogP contribution is -2.55. The van der Waals surface area contributed by atoms with Gasteiger partial charge in [0.05, 0.1) is 0 Å². The van der Waals surface area contributed by atoms with Gasteiger partial charge in [0.1, 0.15) is 0 Å². The molecule has 0 aromatic heterocycles. The van der Waals surface area contributed by atoms with E-state index in [1.54, 1.807) is 0 Å². The van der Waals surface area contributed by atoms with Gasteiger partial charge >= 0.3 is 12.3 Å². The second kappa shape index (κ2) is 4.77. The van der Waals surface area contributed by atoms with Crippen molar-refractivity contribution in [2.24, 2.45) is 0 Å². The third-order valence-corrected chi connectivity index (χ3v) is 11.0. The van der Waals surface area contributed by atoms with Crippen LogP contribution in [0.1, 0.15) is 13.8 Å². The standard InChI is InChI=1S/C3H7Cl6NSi2/c1-3(2)10(11(4,5)6)12(7,8)9/h3H,1-2H3. The second-order valence-electron chi connectivity index (χ2n) is 2.40. The summed E-state index contributed by atoms with van der Waals surface area (Å²) in [6.07, 6.45) is -6.14. The van der Waals surface area contributed by atoms with Gasteiger partial charge in [0.25, 0.3) is 0 Å². The molecule has 0 unspecified atom stereocenters. The van der Waals surface area contributed by atoms with Gasteiger partial charge in [0.15, 0.2) is 0 Å². The van der Waals surface area contributed by atoms with Gasteiger partial charge in [0, 0.05) is 0 Å². The predicted molar refractivity (Wildman–Crippen MR) is 63.6 cm³/mol. The highest BCUT2D eigenvalue weighted by Crippen LogP contribution is 2.37. The van der Waals surface area contributed by atoms with E-state index in [0.29, 0.717) is 0 Å². The Labute approximate surface area is 102 Å². The molecule has 0 N–H and O–H groups in total. The molecule has 0 spiro atoms. The van der Waals surface area contributed by atoms with Crippen LogP contribution < -0.4 is 0 Å². The van der Waals surface area contributed by atoms with Gasteiger partial charge in [-0.25, -0.2) is 0 Å². The maximum Gasteiger partial charge on any atom is 0.420 e. The van der Waals surface area contributed by atoms with Crippen LogP contribution in [0.4, 0.5) is 0 Å². The molecule has 0 radical (unpaired) electrons. The highest BCUT2D eigenvalue weighted by atomic mass is 35.8. The lowest BCUT2D eigenvalue weighted by Gasteiger charge is -2.35. The van der Waals surface area contributed by atoms with Crippen LogP contribution >= 0.6 is 66.5 Å². The molecule has 0 amide bonds. The van der Waals surface area contributed by atoms with Crippen LogP contribution in [0.2, 0.25) is 0 Å². The van der Waals surface area contributed by atoms with Crippen molar-refractivity contribution in [2.75, 3.05) is 0 Å². The lowest BCUT2D eigenvalue weighted by atomic mass is 10.4. The first-order chi connectivity index (χ1) is 5.07. The van der Waals surface area contributed by atoms with Gasteiger partial charge in [0.2, 0.25) is 0 Å². The topological polar surface area (TPSA) is 3.24 Å². The molecule has 1 nitrogen and oxygen atoms in total. The molecule has 0 heterocycles. The molecular formula is C3H7Cl6NSi2. The van der Waals surface area contributed by atoms with Crippen molar-refractivity contribution in [3.05, 3.63) is 0 Å². The van der Waals surface area contributed by atoms with Gasteiger partial charge in [-0.3, -0.25) is 4.23 Å². The summed E-state index contributed by atoms with van der Waals surface area (Å²) in [6.45, 7) is 3.65. The van der Waals surface area contributed by atoms with Crippen LogP contribution in [0.15, 0.2) is 0 Å². The Kier molecular flexibility index (Phi) is 5.62. The molecule has 74 valence electrons. The molecule has 0 fully saturated rings. The Balaban J connectivity index is 4.70. The fourth-order valence-electron chi connectivity index (χ4n) is 0.729. The Morgan fingerprint density at radius 1 is 0.833 bits per heavy atom. The summed E-state index contributed by atoms with van der Waals surface area (Å²) in [6, 6.07) is -0.0664. The maximum atomic E-state index is 5.76. The molecule has 0 aliphatic heterocycles. The zero-order chi connectivity index (χ0) is 10.2. The molecule has 0 saturated carbocycles. The van der Waals surface area contributed by atoms with Gasteiger partial charge in [-0.2, -0.15) is 0 Å². The first-order valence-electron chi connectivity index (χ1n) is 2.99. The number of halogens is 6. The Morgan fingerprint density at radius 2 is 1.08 bits per heavy atom. The molecule has 0 bridgehead atoms. The number of nitrogens with zero attached hydrogens (tertiary/aromatic N) is 1. The van der Waals surface area contributed by atoms with Crippen molar-refractivity contribution in [3.8, 4) is 0 Å². The molecule has 0 saturated heterocycles. The molecule has 0 aliphatic rings. The smallest absolute Gasteiger partial charge is 0.271 e. The number of hydrogen-bond acceptors (Lipinski definition) is 1. The molecular weight excluding hydrogens is 319 g/mol. The van der Waals surface area contributed by atoms with Crippen LogP contribution in [-0.2, 0) is 0 Å². The van der Waals surface area contributed by atoms with Crippen molar-refractivity contribution < 1.29 is 0 Å². The van der Waals surface area contributed by atoms with Crippen LogP contribution in [0.25, 0.3) is 0 Å². The van der Waals surface area contributed by atoms with E-state index in [1.165, 1.54) is 4.23 Å². The van der Waals surface area contributed by atoms with E-state index in [4.69, 9.17) is 66.5 Å². The fraction of sp³-hybridized carbons (Fsp3) is 1.00. The van der Waals surface area contributed by atoms with Crippen molar-refractivity contribution in [2.45, 2.75) is 19.9 Å². The third kappa shape index (κ3) is 4.57. The predicted octanol–water partition coefficient (Wildman–Crippen LogP) is 4.00. The maximum absolute atomic E-state index is 5.76. The number of rotatable bonds is 3. The van der Waals surface area contributed by atoms with E-state index in [-0.39, 0.29) is 6.04 Å². The summed E-state index contributed by atoms with van der Waals surface area (Å²) in [5.74, 6) is 0. The van der Waals surface area contributed by atoms with Crippen molar-refractivity contribution >= 4 is 78.8 Å². The molecule has 0 aromatic carbocycles.